The van der Waals surface area contributed by atoms with Crippen LogP contribution in [0.1, 0.15) is 0 Å². The molecule has 29 heavy (non-hydrogen) atoms. The number of methoxy groups -OCH3 is 1. The Bertz CT molecular complexity index is 1020. The molecule has 0 aliphatic carbocycles. The van der Waals surface area contributed by atoms with Gasteiger partial charge in [0.15, 0.2) is 0 Å². The number of hydrogen-bond acceptors (Lipinski definition) is 6. The van der Waals surface area contributed by atoms with Crippen LogP contribution in [0.2, 0.25) is 5.02 Å². The van der Waals surface area contributed by atoms with Gasteiger partial charge in [-0.05, 0) is 36.4 Å². The third-order valence-electron chi connectivity index (χ3n) is 3.79. The smallest absolute Gasteiger partial charge is 0.289 e. The number of nitro benzene ring substituents is 1. The fraction of sp³-hybridized carbons (Fsp3) is 0.167. The monoisotopic (exact) mass is 439 g/mol. The van der Waals surface area contributed by atoms with E-state index in [4.69, 9.17) is 16.3 Å². The summed E-state index contributed by atoms with van der Waals surface area (Å²) in [4.78, 5) is 22.2. The Morgan fingerprint density at radius 3 is 2.52 bits per heavy atom. The summed E-state index contributed by atoms with van der Waals surface area (Å²) in [5.74, 6) is -0.0860. The number of nitrogens with zero attached hydrogens (tertiary/aromatic N) is 2. The van der Waals surface area contributed by atoms with Crippen molar-refractivity contribution in [1.82, 2.24) is 5.32 Å². The second kappa shape index (κ2) is 9.39. The van der Waals surface area contributed by atoms with Crippen LogP contribution in [0.5, 0.6) is 5.75 Å². The summed E-state index contributed by atoms with van der Waals surface area (Å²) in [6.45, 7) is 3.09. The van der Waals surface area contributed by atoms with Crippen LogP contribution in [-0.2, 0) is 14.8 Å². The number of sulfonamides is 1. The number of halogens is 1. The topological polar surface area (TPSA) is 119 Å². The lowest BCUT2D eigenvalue weighted by Gasteiger charge is -2.24. The predicted molar refractivity (Wildman–Crippen MR) is 109 cm³/mol. The highest BCUT2D eigenvalue weighted by molar-refractivity contribution is 7.92. The summed E-state index contributed by atoms with van der Waals surface area (Å²) in [5, 5.41) is 13.4. The molecular weight excluding hydrogens is 422 g/mol. The minimum Gasteiger partial charge on any atom is -0.497 e. The first-order valence-electron chi connectivity index (χ1n) is 8.19. The number of nitro groups is 1. The highest BCUT2D eigenvalue weighted by Crippen LogP contribution is 2.31. The summed E-state index contributed by atoms with van der Waals surface area (Å²) in [6.07, 6.45) is 1.45. The van der Waals surface area contributed by atoms with Crippen molar-refractivity contribution < 1.29 is 22.9 Å². The van der Waals surface area contributed by atoms with Crippen molar-refractivity contribution in [2.75, 3.05) is 24.5 Å². The van der Waals surface area contributed by atoms with Crippen molar-refractivity contribution >= 4 is 38.9 Å². The van der Waals surface area contributed by atoms with Crippen molar-refractivity contribution in [3.63, 3.8) is 0 Å². The second-order valence-electron chi connectivity index (χ2n) is 5.67. The van der Waals surface area contributed by atoms with Crippen LogP contribution in [0.4, 0.5) is 11.4 Å². The van der Waals surface area contributed by atoms with Gasteiger partial charge in [-0.15, -0.1) is 6.58 Å². The number of anilines is 1. The first kappa shape index (κ1) is 22.2. The van der Waals surface area contributed by atoms with E-state index in [1.54, 1.807) is 0 Å². The van der Waals surface area contributed by atoms with Crippen molar-refractivity contribution in [2.45, 2.75) is 4.90 Å². The molecule has 2 rings (SSSR count). The van der Waals surface area contributed by atoms with Gasteiger partial charge in [0, 0.05) is 12.6 Å². The largest absolute Gasteiger partial charge is 0.497 e. The van der Waals surface area contributed by atoms with Gasteiger partial charge >= 0.3 is 0 Å². The first-order valence-corrected chi connectivity index (χ1v) is 10.0. The maximum atomic E-state index is 13.2. The molecule has 0 heterocycles. The Kier molecular flexibility index (Phi) is 7.18. The van der Waals surface area contributed by atoms with E-state index in [0.717, 1.165) is 22.5 Å². The Labute approximate surface area is 172 Å². The van der Waals surface area contributed by atoms with E-state index in [1.165, 1.54) is 37.5 Å². The van der Waals surface area contributed by atoms with Crippen LogP contribution in [0.15, 0.2) is 60.0 Å². The standard InChI is InChI=1S/C18H18ClN3O6S/c1-3-10-20-18(23)12-21(13-4-6-14(28-2)7-5-13)29(26,27)15-8-9-16(19)17(11-15)22(24)25/h3-9,11H,1,10,12H2,2H3,(H,20,23). The predicted octanol–water partition coefficient (Wildman–Crippen LogP) is 2.75. The maximum absolute atomic E-state index is 13.2. The molecule has 0 unspecified atom stereocenters. The van der Waals surface area contributed by atoms with Crippen LogP contribution >= 0.6 is 11.6 Å². The minimum absolute atomic E-state index is 0.155. The molecule has 0 aliphatic heterocycles. The van der Waals surface area contributed by atoms with Gasteiger partial charge in [-0.3, -0.25) is 19.2 Å². The third-order valence-corrected chi connectivity index (χ3v) is 5.88. The number of ether oxygens (including phenoxy) is 1. The normalized spacial score (nSPS) is 10.8. The first-order chi connectivity index (χ1) is 13.7. The van der Waals surface area contributed by atoms with Crippen LogP contribution in [0.3, 0.4) is 0 Å². The summed E-state index contributed by atoms with van der Waals surface area (Å²) in [5.41, 5.74) is -0.379. The van der Waals surface area contributed by atoms with E-state index in [9.17, 15) is 23.3 Å². The number of rotatable bonds is 9. The van der Waals surface area contributed by atoms with E-state index in [-0.39, 0.29) is 22.2 Å². The molecule has 2 aromatic rings. The van der Waals surface area contributed by atoms with Gasteiger partial charge in [-0.1, -0.05) is 17.7 Å². The molecule has 9 nitrogen and oxygen atoms in total. The fourth-order valence-corrected chi connectivity index (χ4v) is 3.98. The summed E-state index contributed by atoms with van der Waals surface area (Å²) in [6, 6.07) is 9.10. The Morgan fingerprint density at radius 1 is 1.31 bits per heavy atom. The van der Waals surface area contributed by atoms with E-state index in [0.29, 0.717) is 5.75 Å². The average Bonchev–Trinajstić information content (AvgIpc) is 2.70. The third kappa shape index (κ3) is 5.24. The van der Waals surface area contributed by atoms with Gasteiger partial charge in [0.05, 0.1) is 22.6 Å². The van der Waals surface area contributed by atoms with Gasteiger partial charge in [0.2, 0.25) is 5.91 Å². The van der Waals surface area contributed by atoms with Crippen LogP contribution < -0.4 is 14.4 Å². The zero-order valence-electron chi connectivity index (χ0n) is 15.4. The van der Waals surface area contributed by atoms with E-state index < -0.39 is 33.1 Å². The molecule has 0 saturated carbocycles. The maximum Gasteiger partial charge on any atom is 0.289 e. The molecular formula is C18H18ClN3O6S. The number of carbonyl (C=O) groups is 1. The second-order valence-corrected chi connectivity index (χ2v) is 7.94. The molecule has 0 spiro atoms. The lowest BCUT2D eigenvalue weighted by Crippen LogP contribution is -2.41. The molecule has 0 radical (unpaired) electrons. The van der Waals surface area contributed by atoms with Gasteiger partial charge < -0.3 is 10.1 Å². The van der Waals surface area contributed by atoms with Gasteiger partial charge in [-0.25, -0.2) is 8.42 Å². The highest BCUT2D eigenvalue weighted by Gasteiger charge is 2.29. The van der Waals surface area contributed by atoms with Crippen LogP contribution in [0.25, 0.3) is 0 Å². The molecule has 11 heteroatoms. The molecule has 0 aliphatic rings. The quantitative estimate of drug-likeness (QED) is 0.364. The Morgan fingerprint density at radius 2 is 1.97 bits per heavy atom. The number of carbonyl (C=O) groups excluding carboxylic acids is 1. The van der Waals surface area contributed by atoms with E-state index >= 15 is 0 Å². The molecule has 154 valence electrons. The lowest BCUT2D eigenvalue weighted by molar-refractivity contribution is -0.384. The molecule has 1 N–H and O–H groups in total. The number of nitrogens with one attached hydrogen (secondary N) is 1. The molecule has 0 atom stereocenters. The zero-order chi connectivity index (χ0) is 21.6. The molecule has 1 amide bonds. The molecule has 0 bridgehead atoms. The average molecular weight is 440 g/mol. The van der Waals surface area contributed by atoms with Gasteiger partial charge in [0.25, 0.3) is 15.7 Å². The molecule has 0 fully saturated rings. The van der Waals surface area contributed by atoms with E-state index in [2.05, 4.69) is 11.9 Å². The number of amides is 1. The Balaban J connectivity index is 2.53. The SMILES string of the molecule is C=CCNC(=O)CN(c1ccc(OC)cc1)S(=O)(=O)c1ccc(Cl)c([N+](=O)[O-])c1. The number of benzene rings is 2. The zero-order valence-corrected chi connectivity index (χ0v) is 16.9. The lowest BCUT2D eigenvalue weighted by atomic mass is 10.3. The van der Waals surface area contributed by atoms with E-state index in [1.807, 2.05) is 0 Å². The minimum atomic E-state index is -4.32. The molecule has 0 saturated heterocycles. The van der Waals surface area contributed by atoms with Crippen molar-refractivity contribution in [3.05, 3.63) is 70.3 Å². The van der Waals surface area contributed by atoms with Crippen LogP contribution in [-0.4, -0.2) is 39.4 Å². The Hall–Kier alpha value is -3.11. The van der Waals surface area contributed by atoms with Crippen LogP contribution in [0, 0.1) is 10.1 Å². The number of hydrogen-bond donors (Lipinski definition) is 1. The highest BCUT2D eigenvalue weighted by atomic mass is 35.5. The van der Waals surface area contributed by atoms with Crippen molar-refractivity contribution in [3.8, 4) is 5.75 Å². The molecule has 0 aromatic heterocycles. The van der Waals surface area contributed by atoms with Crippen molar-refractivity contribution in [2.24, 2.45) is 0 Å². The fourth-order valence-electron chi connectivity index (χ4n) is 2.36. The molecule has 2 aromatic carbocycles. The van der Waals surface area contributed by atoms with Gasteiger partial charge in [0.1, 0.15) is 17.3 Å². The summed E-state index contributed by atoms with van der Waals surface area (Å²) >= 11 is 5.78. The van der Waals surface area contributed by atoms with Crippen molar-refractivity contribution in [1.29, 1.82) is 0 Å². The summed E-state index contributed by atoms with van der Waals surface area (Å²) < 4.78 is 32.3. The van der Waals surface area contributed by atoms with Gasteiger partial charge in [-0.2, -0.15) is 0 Å². The summed E-state index contributed by atoms with van der Waals surface area (Å²) in [7, 11) is -2.87.